The summed E-state index contributed by atoms with van der Waals surface area (Å²) in [4.78, 5) is 12.8. The highest BCUT2D eigenvalue weighted by Crippen LogP contribution is 2.31. The summed E-state index contributed by atoms with van der Waals surface area (Å²) in [6.45, 7) is 5.99. The summed E-state index contributed by atoms with van der Waals surface area (Å²) < 4.78 is 5.79. The molecule has 0 radical (unpaired) electrons. The van der Waals surface area contributed by atoms with Crippen molar-refractivity contribution in [2.75, 3.05) is 0 Å². The Morgan fingerprint density at radius 3 is 2.83 bits per heavy atom. The van der Waals surface area contributed by atoms with E-state index in [9.17, 15) is 4.79 Å². The van der Waals surface area contributed by atoms with Crippen LogP contribution in [0.2, 0.25) is 0 Å². The van der Waals surface area contributed by atoms with Gasteiger partial charge in [0.1, 0.15) is 0 Å². The molecule has 0 fully saturated rings. The van der Waals surface area contributed by atoms with Crippen molar-refractivity contribution in [3.05, 3.63) is 64.7 Å². The van der Waals surface area contributed by atoms with Crippen LogP contribution < -0.4 is 5.32 Å². The minimum Gasteiger partial charge on any atom is -0.411 e. The highest BCUT2D eigenvalue weighted by molar-refractivity contribution is 8.00. The zero-order valence-corrected chi connectivity index (χ0v) is 17.8. The molecule has 0 saturated carbocycles. The fraction of sp³-hybridized carbons (Fsp3) is 0.348. The van der Waals surface area contributed by atoms with E-state index in [0.717, 1.165) is 24.8 Å². The van der Waals surface area contributed by atoms with Crippen LogP contribution >= 0.6 is 11.8 Å². The van der Waals surface area contributed by atoms with Gasteiger partial charge in [0.2, 0.25) is 11.8 Å². The molecule has 0 unspecified atom stereocenters. The van der Waals surface area contributed by atoms with Gasteiger partial charge in [0.05, 0.1) is 11.3 Å². The van der Waals surface area contributed by atoms with Crippen molar-refractivity contribution >= 4 is 17.7 Å². The van der Waals surface area contributed by atoms with Crippen molar-refractivity contribution in [2.24, 2.45) is 0 Å². The molecule has 3 aromatic rings. The van der Waals surface area contributed by atoms with Crippen molar-refractivity contribution < 1.29 is 9.21 Å². The maximum Gasteiger partial charge on any atom is 0.277 e. The van der Waals surface area contributed by atoms with Crippen LogP contribution in [0.1, 0.15) is 48.1 Å². The second-order valence-electron chi connectivity index (χ2n) is 7.58. The fourth-order valence-electron chi connectivity index (χ4n) is 3.65. The van der Waals surface area contributed by atoms with Crippen LogP contribution in [-0.2, 0) is 11.2 Å². The number of aromatic nitrogens is 2. The van der Waals surface area contributed by atoms with E-state index in [0.29, 0.717) is 11.1 Å². The highest BCUT2D eigenvalue weighted by atomic mass is 32.2. The second-order valence-corrected chi connectivity index (χ2v) is 8.88. The van der Waals surface area contributed by atoms with Crippen molar-refractivity contribution in [3.63, 3.8) is 0 Å². The molecule has 1 amide bonds. The molecule has 6 heteroatoms. The Morgan fingerprint density at radius 1 is 1.17 bits per heavy atom. The lowest BCUT2D eigenvalue weighted by molar-refractivity contribution is -0.121. The zero-order valence-electron chi connectivity index (χ0n) is 16.9. The number of nitrogens with one attached hydrogen (secondary N) is 1. The van der Waals surface area contributed by atoms with Gasteiger partial charge in [0.15, 0.2) is 0 Å². The Hall–Kier alpha value is -2.60. The smallest absolute Gasteiger partial charge is 0.277 e. The van der Waals surface area contributed by atoms with Crippen molar-refractivity contribution in [3.8, 4) is 11.5 Å². The van der Waals surface area contributed by atoms with E-state index in [1.165, 1.54) is 34.0 Å². The Labute approximate surface area is 175 Å². The minimum absolute atomic E-state index is 0.0115. The molecular formula is C23H25N3O2S. The first kappa shape index (κ1) is 19.7. The Kier molecular flexibility index (Phi) is 5.72. The van der Waals surface area contributed by atoms with Gasteiger partial charge in [-0.2, -0.15) is 0 Å². The second kappa shape index (κ2) is 8.41. The third kappa shape index (κ3) is 4.37. The summed E-state index contributed by atoms with van der Waals surface area (Å²) in [5.74, 6) is 0.465. The summed E-state index contributed by atoms with van der Waals surface area (Å²) in [7, 11) is 0. The number of carbonyl (C=O) groups is 1. The quantitative estimate of drug-likeness (QED) is 0.601. The number of fused-ring (bicyclic) bond motifs is 1. The molecular weight excluding hydrogens is 382 g/mol. The van der Waals surface area contributed by atoms with Crippen molar-refractivity contribution in [2.45, 2.75) is 56.5 Å². The molecule has 1 aliphatic rings. The van der Waals surface area contributed by atoms with Crippen LogP contribution in [0, 0.1) is 13.8 Å². The number of amides is 1. The van der Waals surface area contributed by atoms with Gasteiger partial charge in [0.25, 0.3) is 5.22 Å². The fourth-order valence-corrected chi connectivity index (χ4v) is 4.34. The SMILES string of the molecule is Cc1ccc(-c2nnc(S[C@@H](C)C(=O)N[C@H]3CCCc4ccccc43)o2)cc1C. The molecule has 0 aliphatic heterocycles. The number of hydrogen-bond donors (Lipinski definition) is 1. The van der Waals surface area contributed by atoms with E-state index >= 15 is 0 Å². The third-order valence-corrected chi connectivity index (χ3v) is 6.43. The molecule has 1 N–H and O–H groups in total. The van der Waals surface area contributed by atoms with Gasteiger partial charge in [-0.3, -0.25) is 4.79 Å². The predicted octanol–water partition coefficient (Wildman–Crippen LogP) is 5.03. The van der Waals surface area contributed by atoms with Crippen LogP contribution in [0.25, 0.3) is 11.5 Å². The molecule has 5 nitrogen and oxygen atoms in total. The molecule has 0 bridgehead atoms. The lowest BCUT2D eigenvalue weighted by Crippen LogP contribution is -2.35. The summed E-state index contributed by atoms with van der Waals surface area (Å²) in [6.07, 6.45) is 3.14. The molecule has 150 valence electrons. The predicted molar refractivity (Wildman–Crippen MR) is 115 cm³/mol. The van der Waals surface area contributed by atoms with Gasteiger partial charge in [-0.15, -0.1) is 10.2 Å². The van der Waals surface area contributed by atoms with Gasteiger partial charge in [-0.05, 0) is 74.4 Å². The standard InChI is InChI=1S/C23H25N3O2S/c1-14-11-12-18(13-15(14)2)22-25-26-23(28-22)29-16(3)21(27)24-20-10-6-8-17-7-4-5-9-19(17)20/h4-5,7,9,11-13,16,20H,6,8,10H2,1-3H3,(H,24,27)/t16-,20-/m0/s1. The first-order chi connectivity index (χ1) is 14.0. The van der Waals surface area contributed by atoms with E-state index in [-0.39, 0.29) is 17.2 Å². The van der Waals surface area contributed by atoms with E-state index in [2.05, 4.69) is 47.6 Å². The molecule has 0 saturated heterocycles. The Bertz CT molecular complexity index is 1030. The average Bonchev–Trinajstić information content (AvgIpc) is 3.18. The van der Waals surface area contributed by atoms with E-state index in [1.54, 1.807) is 0 Å². The average molecular weight is 408 g/mol. The molecule has 2 atom stereocenters. The largest absolute Gasteiger partial charge is 0.411 e. The van der Waals surface area contributed by atoms with Gasteiger partial charge in [-0.1, -0.05) is 42.1 Å². The molecule has 1 aliphatic carbocycles. The maximum absolute atomic E-state index is 12.8. The van der Waals surface area contributed by atoms with Crippen LogP contribution in [0.15, 0.2) is 52.1 Å². The number of nitrogens with zero attached hydrogens (tertiary/aromatic N) is 2. The van der Waals surface area contributed by atoms with E-state index in [4.69, 9.17) is 4.42 Å². The number of thioether (sulfide) groups is 1. The third-order valence-electron chi connectivity index (χ3n) is 5.49. The lowest BCUT2D eigenvalue weighted by atomic mass is 9.88. The zero-order chi connectivity index (χ0) is 20.4. The maximum atomic E-state index is 12.8. The van der Waals surface area contributed by atoms with Crippen molar-refractivity contribution in [1.82, 2.24) is 15.5 Å². The number of hydrogen-bond acceptors (Lipinski definition) is 5. The Balaban J connectivity index is 1.41. The summed E-state index contributed by atoms with van der Waals surface area (Å²) in [5.41, 5.74) is 5.86. The molecule has 0 spiro atoms. The van der Waals surface area contributed by atoms with Crippen molar-refractivity contribution in [1.29, 1.82) is 0 Å². The van der Waals surface area contributed by atoms with Crippen LogP contribution in [-0.4, -0.2) is 21.4 Å². The molecule has 1 aromatic heterocycles. The number of benzene rings is 2. The number of aryl methyl sites for hydroxylation is 3. The summed E-state index contributed by atoms with van der Waals surface area (Å²) >= 11 is 1.29. The summed E-state index contributed by atoms with van der Waals surface area (Å²) in [5, 5.41) is 11.5. The topological polar surface area (TPSA) is 68.0 Å². The van der Waals surface area contributed by atoms with Gasteiger partial charge < -0.3 is 9.73 Å². The first-order valence-corrected chi connectivity index (χ1v) is 10.8. The van der Waals surface area contributed by atoms with Gasteiger partial charge in [-0.25, -0.2) is 0 Å². The lowest BCUT2D eigenvalue weighted by Gasteiger charge is -2.27. The molecule has 2 aromatic carbocycles. The van der Waals surface area contributed by atoms with Crippen LogP contribution in [0.4, 0.5) is 0 Å². The summed E-state index contributed by atoms with van der Waals surface area (Å²) in [6, 6.07) is 14.5. The number of rotatable bonds is 5. The highest BCUT2D eigenvalue weighted by Gasteiger charge is 2.25. The number of carbonyl (C=O) groups excluding carboxylic acids is 1. The van der Waals surface area contributed by atoms with Gasteiger partial charge >= 0.3 is 0 Å². The first-order valence-electron chi connectivity index (χ1n) is 9.97. The van der Waals surface area contributed by atoms with Gasteiger partial charge in [0, 0.05) is 5.56 Å². The van der Waals surface area contributed by atoms with Crippen LogP contribution in [0.3, 0.4) is 0 Å². The Morgan fingerprint density at radius 2 is 2.00 bits per heavy atom. The minimum atomic E-state index is -0.322. The molecule has 4 rings (SSSR count). The van der Waals surface area contributed by atoms with E-state index in [1.807, 2.05) is 31.2 Å². The molecule has 29 heavy (non-hydrogen) atoms. The van der Waals surface area contributed by atoms with E-state index < -0.39 is 0 Å². The molecule has 1 heterocycles. The van der Waals surface area contributed by atoms with Crippen LogP contribution in [0.5, 0.6) is 0 Å². The normalized spacial score (nSPS) is 16.9. The monoisotopic (exact) mass is 407 g/mol.